The predicted octanol–water partition coefficient (Wildman–Crippen LogP) is 3.56. The van der Waals surface area contributed by atoms with Crippen molar-refractivity contribution in [2.45, 2.75) is 39.3 Å². The quantitative estimate of drug-likeness (QED) is 0.816. The molecule has 1 unspecified atom stereocenters. The molecule has 0 aromatic heterocycles. The molecule has 2 aromatic rings. The topological polar surface area (TPSA) is 50.7 Å². The minimum absolute atomic E-state index is 0.179. The van der Waals surface area contributed by atoms with Crippen molar-refractivity contribution in [2.24, 2.45) is 0 Å². The van der Waals surface area contributed by atoms with Gasteiger partial charge in [0.1, 0.15) is 17.6 Å². The van der Waals surface area contributed by atoms with Crippen LogP contribution in [0.15, 0.2) is 36.4 Å². The highest BCUT2D eigenvalue weighted by Gasteiger charge is 2.21. The van der Waals surface area contributed by atoms with Crippen molar-refractivity contribution in [1.29, 1.82) is 0 Å². The molecule has 1 atom stereocenters. The Hall–Kier alpha value is -2.20. The summed E-state index contributed by atoms with van der Waals surface area (Å²) in [6.07, 6.45) is 1.86. The fourth-order valence-electron chi connectivity index (χ4n) is 3.03. The normalized spacial score (nSPS) is 15.7. The average molecular weight is 327 g/mol. The maximum atomic E-state index is 8.98. The number of aliphatic hydroxyl groups is 1. The largest absolute Gasteiger partial charge is 0.494 e. The van der Waals surface area contributed by atoms with Gasteiger partial charge in [-0.15, -0.1) is 0 Å². The molecule has 0 spiro atoms. The van der Waals surface area contributed by atoms with Gasteiger partial charge in [-0.2, -0.15) is 0 Å². The Morgan fingerprint density at radius 1 is 1.25 bits per heavy atom. The monoisotopic (exact) mass is 327 g/mol. The zero-order valence-electron chi connectivity index (χ0n) is 14.3. The number of aliphatic hydroxyl groups excluding tert-OH is 1. The SMILES string of the molecule is CCOc1cc2c(cc1CNc1ccc(CCO)cc1)OC(C)C2. The minimum Gasteiger partial charge on any atom is -0.494 e. The van der Waals surface area contributed by atoms with Crippen molar-refractivity contribution < 1.29 is 14.6 Å². The highest BCUT2D eigenvalue weighted by Crippen LogP contribution is 2.35. The third-order valence-corrected chi connectivity index (χ3v) is 4.22. The number of rotatable bonds is 7. The average Bonchev–Trinajstić information content (AvgIpc) is 2.93. The Bertz CT molecular complexity index is 682. The number of hydrogen-bond acceptors (Lipinski definition) is 4. The van der Waals surface area contributed by atoms with Crippen molar-refractivity contribution in [1.82, 2.24) is 0 Å². The van der Waals surface area contributed by atoms with Crippen molar-refractivity contribution >= 4 is 5.69 Å². The molecule has 0 fully saturated rings. The van der Waals surface area contributed by atoms with Crippen LogP contribution in [0.5, 0.6) is 11.5 Å². The molecule has 128 valence electrons. The second kappa shape index (κ2) is 7.58. The van der Waals surface area contributed by atoms with E-state index in [0.717, 1.165) is 34.7 Å². The van der Waals surface area contributed by atoms with E-state index in [1.165, 1.54) is 5.56 Å². The molecule has 0 amide bonds. The molecule has 2 N–H and O–H groups in total. The number of nitrogens with one attached hydrogen (secondary N) is 1. The lowest BCUT2D eigenvalue weighted by molar-refractivity contribution is 0.254. The van der Waals surface area contributed by atoms with Gasteiger partial charge in [-0.25, -0.2) is 0 Å². The molecule has 1 aliphatic rings. The van der Waals surface area contributed by atoms with Gasteiger partial charge in [0.25, 0.3) is 0 Å². The van der Waals surface area contributed by atoms with Gasteiger partial charge in [-0.3, -0.25) is 0 Å². The molecular formula is C20H25NO3. The molecule has 1 aliphatic heterocycles. The molecule has 0 aliphatic carbocycles. The smallest absolute Gasteiger partial charge is 0.124 e. The number of hydrogen-bond donors (Lipinski definition) is 2. The number of anilines is 1. The first-order valence-electron chi connectivity index (χ1n) is 8.58. The summed E-state index contributed by atoms with van der Waals surface area (Å²) in [6, 6.07) is 12.4. The summed E-state index contributed by atoms with van der Waals surface area (Å²) in [4.78, 5) is 0. The Morgan fingerprint density at radius 3 is 2.75 bits per heavy atom. The highest BCUT2D eigenvalue weighted by molar-refractivity contribution is 5.51. The molecule has 0 saturated carbocycles. The Balaban J connectivity index is 1.73. The van der Waals surface area contributed by atoms with Crippen LogP contribution < -0.4 is 14.8 Å². The Labute approximate surface area is 143 Å². The van der Waals surface area contributed by atoms with E-state index in [0.29, 0.717) is 19.6 Å². The highest BCUT2D eigenvalue weighted by atomic mass is 16.5. The van der Waals surface area contributed by atoms with Gasteiger partial charge in [-0.1, -0.05) is 12.1 Å². The van der Waals surface area contributed by atoms with Crippen molar-refractivity contribution in [3.63, 3.8) is 0 Å². The fraction of sp³-hybridized carbons (Fsp3) is 0.400. The lowest BCUT2D eigenvalue weighted by atomic mass is 10.1. The predicted molar refractivity (Wildman–Crippen MR) is 96.0 cm³/mol. The van der Waals surface area contributed by atoms with Crippen LogP contribution >= 0.6 is 0 Å². The van der Waals surface area contributed by atoms with E-state index < -0.39 is 0 Å². The van der Waals surface area contributed by atoms with Crippen molar-refractivity contribution in [2.75, 3.05) is 18.5 Å². The standard InChI is InChI=1S/C20H25NO3/c1-3-23-19-11-16-10-14(2)24-20(16)12-17(19)13-21-18-6-4-15(5-7-18)8-9-22/h4-7,11-12,14,21-22H,3,8-10,13H2,1-2H3. The maximum Gasteiger partial charge on any atom is 0.124 e. The lowest BCUT2D eigenvalue weighted by Crippen LogP contribution is -2.05. The molecule has 0 bridgehead atoms. The Kier molecular flexibility index (Phi) is 5.26. The molecule has 1 heterocycles. The van der Waals surface area contributed by atoms with Gasteiger partial charge in [0.2, 0.25) is 0 Å². The maximum absolute atomic E-state index is 8.98. The van der Waals surface area contributed by atoms with Crippen LogP contribution in [0, 0.1) is 0 Å². The minimum atomic E-state index is 0.179. The molecule has 24 heavy (non-hydrogen) atoms. The van der Waals surface area contributed by atoms with Crippen LogP contribution in [0.3, 0.4) is 0 Å². The molecule has 0 radical (unpaired) electrons. The van der Waals surface area contributed by atoms with Gasteiger partial charge in [0.05, 0.1) is 6.61 Å². The third kappa shape index (κ3) is 3.82. The van der Waals surface area contributed by atoms with Gasteiger partial charge < -0.3 is 19.9 Å². The summed E-state index contributed by atoms with van der Waals surface area (Å²) in [7, 11) is 0. The van der Waals surface area contributed by atoms with E-state index in [1.54, 1.807) is 0 Å². The summed E-state index contributed by atoms with van der Waals surface area (Å²) in [6.45, 7) is 5.60. The summed E-state index contributed by atoms with van der Waals surface area (Å²) in [5.74, 6) is 1.90. The van der Waals surface area contributed by atoms with E-state index in [4.69, 9.17) is 14.6 Å². The molecular weight excluding hydrogens is 302 g/mol. The first-order chi connectivity index (χ1) is 11.7. The molecule has 4 heteroatoms. The first kappa shape index (κ1) is 16.7. The second-order valence-corrected chi connectivity index (χ2v) is 6.16. The lowest BCUT2D eigenvalue weighted by Gasteiger charge is -2.14. The van der Waals surface area contributed by atoms with Gasteiger partial charge >= 0.3 is 0 Å². The van der Waals surface area contributed by atoms with E-state index >= 15 is 0 Å². The summed E-state index contributed by atoms with van der Waals surface area (Å²) < 4.78 is 11.7. The van der Waals surface area contributed by atoms with E-state index in [2.05, 4.69) is 24.4 Å². The molecule has 0 saturated heterocycles. The van der Waals surface area contributed by atoms with E-state index in [-0.39, 0.29) is 12.7 Å². The zero-order valence-corrected chi connectivity index (χ0v) is 14.3. The second-order valence-electron chi connectivity index (χ2n) is 6.16. The van der Waals surface area contributed by atoms with Gasteiger partial charge in [0.15, 0.2) is 0 Å². The molecule has 2 aromatic carbocycles. The number of benzene rings is 2. The van der Waals surface area contributed by atoms with Crippen molar-refractivity contribution in [3.8, 4) is 11.5 Å². The molecule has 4 nitrogen and oxygen atoms in total. The summed E-state index contributed by atoms with van der Waals surface area (Å²) in [5.41, 5.74) is 4.51. The molecule has 3 rings (SSSR count). The first-order valence-corrected chi connectivity index (χ1v) is 8.58. The van der Waals surface area contributed by atoms with E-state index in [1.807, 2.05) is 31.2 Å². The van der Waals surface area contributed by atoms with Crippen LogP contribution in [0.2, 0.25) is 0 Å². The van der Waals surface area contributed by atoms with Crippen LogP contribution in [0.25, 0.3) is 0 Å². The van der Waals surface area contributed by atoms with Gasteiger partial charge in [0, 0.05) is 36.4 Å². The number of ether oxygens (including phenoxy) is 2. The fourth-order valence-corrected chi connectivity index (χ4v) is 3.03. The summed E-state index contributed by atoms with van der Waals surface area (Å²) >= 11 is 0. The zero-order chi connectivity index (χ0) is 16.9. The van der Waals surface area contributed by atoms with Crippen LogP contribution in [-0.4, -0.2) is 24.4 Å². The number of fused-ring (bicyclic) bond motifs is 1. The summed E-state index contributed by atoms with van der Waals surface area (Å²) in [5, 5.41) is 12.4. The van der Waals surface area contributed by atoms with Crippen LogP contribution in [0.1, 0.15) is 30.5 Å². The van der Waals surface area contributed by atoms with Crippen LogP contribution in [-0.2, 0) is 19.4 Å². The Morgan fingerprint density at radius 2 is 2.04 bits per heavy atom. The van der Waals surface area contributed by atoms with Crippen molar-refractivity contribution in [3.05, 3.63) is 53.1 Å². The van der Waals surface area contributed by atoms with Crippen LogP contribution in [0.4, 0.5) is 5.69 Å². The van der Waals surface area contributed by atoms with E-state index in [9.17, 15) is 0 Å². The van der Waals surface area contributed by atoms with Gasteiger partial charge in [-0.05, 0) is 50.1 Å². The third-order valence-electron chi connectivity index (χ3n) is 4.22.